The Morgan fingerprint density at radius 2 is 1.91 bits per heavy atom. The van der Waals surface area contributed by atoms with Crippen molar-refractivity contribution in [3.63, 3.8) is 0 Å². The van der Waals surface area contributed by atoms with Crippen LogP contribution in [0.4, 0.5) is 13.2 Å². The van der Waals surface area contributed by atoms with Crippen molar-refractivity contribution in [2.75, 3.05) is 27.2 Å². The standard InChI is InChI=1S/C23H25F3N4O3S/c1-14-15(2)34-22(28-20(31)16-6-5-7-17(12-16)23(24,25)26)30(14)13-18-8-9-19(33-18)21(32)27-10-11-29(3)4/h5-9,12H,10-11,13H2,1-4H3,(H,27,32). The Morgan fingerprint density at radius 3 is 2.59 bits per heavy atom. The number of carbonyl (C=O) groups excluding carboxylic acids is 2. The number of furan rings is 1. The van der Waals surface area contributed by atoms with Crippen LogP contribution in [0.5, 0.6) is 0 Å². The molecule has 2 heterocycles. The van der Waals surface area contributed by atoms with Gasteiger partial charge in [-0.2, -0.15) is 18.2 Å². The van der Waals surface area contributed by atoms with Gasteiger partial charge in [-0.15, -0.1) is 11.3 Å². The molecular weight excluding hydrogens is 469 g/mol. The van der Waals surface area contributed by atoms with Crippen molar-refractivity contribution in [1.29, 1.82) is 0 Å². The van der Waals surface area contributed by atoms with Crippen LogP contribution in [0.2, 0.25) is 0 Å². The summed E-state index contributed by atoms with van der Waals surface area (Å²) in [6, 6.07) is 7.41. The second-order valence-electron chi connectivity index (χ2n) is 7.93. The second-order valence-corrected chi connectivity index (χ2v) is 9.11. The molecule has 2 amide bonds. The highest BCUT2D eigenvalue weighted by Crippen LogP contribution is 2.29. The van der Waals surface area contributed by atoms with Gasteiger partial charge in [0.15, 0.2) is 10.6 Å². The van der Waals surface area contributed by atoms with Crippen molar-refractivity contribution in [1.82, 2.24) is 14.8 Å². The number of aromatic nitrogens is 1. The van der Waals surface area contributed by atoms with Crippen molar-refractivity contribution >= 4 is 23.2 Å². The molecule has 0 fully saturated rings. The maximum absolute atomic E-state index is 13.0. The average molecular weight is 495 g/mol. The van der Waals surface area contributed by atoms with Gasteiger partial charge in [-0.1, -0.05) is 6.07 Å². The van der Waals surface area contributed by atoms with Crippen molar-refractivity contribution in [3.05, 3.63) is 74.4 Å². The number of nitrogens with one attached hydrogen (secondary N) is 1. The lowest BCUT2D eigenvalue weighted by atomic mass is 10.1. The van der Waals surface area contributed by atoms with Crippen LogP contribution in [0.3, 0.4) is 0 Å². The number of hydrogen-bond acceptors (Lipinski definition) is 5. The number of benzene rings is 1. The Balaban J connectivity index is 1.83. The first kappa shape index (κ1) is 25.4. The lowest BCUT2D eigenvalue weighted by Gasteiger charge is -2.09. The van der Waals surface area contributed by atoms with Gasteiger partial charge in [0.05, 0.1) is 12.1 Å². The summed E-state index contributed by atoms with van der Waals surface area (Å²) in [5.74, 6) is -0.466. The fourth-order valence-corrected chi connectivity index (χ4v) is 4.04. The van der Waals surface area contributed by atoms with Gasteiger partial charge in [0, 0.05) is 29.2 Å². The van der Waals surface area contributed by atoms with E-state index in [1.165, 1.54) is 23.5 Å². The molecule has 0 radical (unpaired) electrons. The Bertz CT molecular complexity index is 1250. The summed E-state index contributed by atoms with van der Waals surface area (Å²) in [5.41, 5.74) is -0.235. The summed E-state index contributed by atoms with van der Waals surface area (Å²) < 4.78 is 46.4. The summed E-state index contributed by atoms with van der Waals surface area (Å²) in [7, 11) is 3.81. The van der Waals surface area contributed by atoms with Crippen LogP contribution in [-0.4, -0.2) is 48.5 Å². The Morgan fingerprint density at radius 1 is 1.18 bits per heavy atom. The molecule has 1 N–H and O–H groups in total. The Kier molecular flexibility index (Phi) is 7.78. The van der Waals surface area contributed by atoms with Gasteiger partial charge in [0.2, 0.25) is 0 Å². The number of aryl methyl sites for hydroxylation is 1. The van der Waals surface area contributed by atoms with Gasteiger partial charge in [-0.25, -0.2) is 0 Å². The predicted molar refractivity (Wildman–Crippen MR) is 122 cm³/mol. The summed E-state index contributed by atoms with van der Waals surface area (Å²) in [6.45, 7) is 5.07. The van der Waals surface area contributed by atoms with E-state index in [2.05, 4.69) is 10.3 Å². The normalized spacial score (nSPS) is 12.4. The molecule has 0 unspecified atom stereocenters. The van der Waals surface area contributed by atoms with E-state index in [0.29, 0.717) is 23.7 Å². The first-order valence-corrected chi connectivity index (χ1v) is 11.2. The average Bonchev–Trinajstić information content (AvgIpc) is 3.33. The zero-order chi connectivity index (χ0) is 25.0. The van der Waals surface area contributed by atoms with Crippen LogP contribution in [0.1, 0.15) is 42.8 Å². The number of nitrogens with zero attached hydrogens (tertiary/aromatic N) is 3. The zero-order valence-corrected chi connectivity index (χ0v) is 20.0. The Hall–Kier alpha value is -3.18. The molecule has 1 aromatic carbocycles. The van der Waals surface area contributed by atoms with E-state index >= 15 is 0 Å². The quantitative estimate of drug-likeness (QED) is 0.541. The van der Waals surface area contributed by atoms with E-state index in [4.69, 9.17) is 4.42 Å². The number of thiazole rings is 1. The fourth-order valence-electron chi connectivity index (χ4n) is 3.07. The number of rotatable bonds is 7. The highest BCUT2D eigenvalue weighted by Gasteiger charge is 2.30. The SMILES string of the molecule is Cc1sc(=NC(=O)c2cccc(C(F)(F)F)c2)n(Cc2ccc(C(=O)NCCN(C)C)o2)c1C. The van der Waals surface area contributed by atoms with Crippen LogP contribution in [0.15, 0.2) is 45.8 Å². The van der Waals surface area contributed by atoms with E-state index in [-0.39, 0.29) is 23.8 Å². The molecule has 0 aliphatic heterocycles. The number of amides is 2. The van der Waals surface area contributed by atoms with Gasteiger partial charge in [-0.3, -0.25) is 9.59 Å². The van der Waals surface area contributed by atoms with Crippen LogP contribution >= 0.6 is 11.3 Å². The number of halogens is 3. The van der Waals surface area contributed by atoms with Crippen molar-refractivity contribution in [3.8, 4) is 0 Å². The summed E-state index contributed by atoms with van der Waals surface area (Å²) >= 11 is 1.25. The number of likely N-dealkylation sites (N-methyl/N-ethyl adjacent to an activating group) is 1. The van der Waals surface area contributed by atoms with E-state index < -0.39 is 17.6 Å². The highest BCUT2D eigenvalue weighted by molar-refractivity contribution is 7.09. The van der Waals surface area contributed by atoms with Gasteiger partial charge < -0.3 is 19.2 Å². The molecule has 0 bridgehead atoms. The number of carbonyl (C=O) groups is 2. The zero-order valence-electron chi connectivity index (χ0n) is 19.2. The van der Waals surface area contributed by atoms with E-state index in [0.717, 1.165) is 22.7 Å². The summed E-state index contributed by atoms with van der Waals surface area (Å²) in [5, 5.41) is 2.77. The first-order valence-electron chi connectivity index (χ1n) is 10.4. The molecule has 7 nitrogen and oxygen atoms in total. The van der Waals surface area contributed by atoms with Crippen molar-refractivity contribution < 1.29 is 27.2 Å². The van der Waals surface area contributed by atoms with Crippen molar-refractivity contribution in [2.45, 2.75) is 26.6 Å². The van der Waals surface area contributed by atoms with Crippen LogP contribution in [0.25, 0.3) is 0 Å². The monoisotopic (exact) mass is 494 g/mol. The molecule has 0 aliphatic rings. The smallest absolute Gasteiger partial charge is 0.416 e. The molecular formula is C23H25F3N4O3S. The third-order valence-electron chi connectivity index (χ3n) is 5.07. The van der Waals surface area contributed by atoms with E-state index in [1.54, 1.807) is 16.7 Å². The third kappa shape index (κ3) is 6.23. The summed E-state index contributed by atoms with van der Waals surface area (Å²) in [6.07, 6.45) is -4.55. The molecule has 0 saturated carbocycles. The van der Waals surface area contributed by atoms with E-state index in [1.807, 2.05) is 32.8 Å². The van der Waals surface area contributed by atoms with Gasteiger partial charge in [0.25, 0.3) is 11.8 Å². The highest BCUT2D eigenvalue weighted by atomic mass is 32.1. The minimum absolute atomic E-state index is 0.153. The maximum Gasteiger partial charge on any atom is 0.416 e. The fraction of sp³-hybridized carbons (Fsp3) is 0.348. The largest absolute Gasteiger partial charge is 0.454 e. The lowest BCUT2D eigenvalue weighted by Crippen LogP contribution is -2.31. The molecule has 0 aliphatic carbocycles. The first-order chi connectivity index (χ1) is 16.0. The molecule has 0 saturated heterocycles. The molecule has 3 aromatic rings. The Labute approximate surface area is 198 Å². The topological polar surface area (TPSA) is 79.8 Å². The lowest BCUT2D eigenvalue weighted by molar-refractivity contribution is -0.137. The summed E-state index contributed by atoms with van der Waals surface area (Å²) in [4.78, 5) is 32.1. The van der Waals surface area contributed by atoms with Crippen LogP contribution in [0, 0.1) is 13.8 Å². The third-order valence-corrected chi connectivity index (χ3v) is 6.16. The van der Waals surface area contributed by atoms with E-state index in [9.17, 15) is 22.8 Å². The van der Waals surface area contributed by atoms with Gasteiger partial charge in [0.1, 0.15) is 5.76 Å². The van der Waals surface area contributed by atoms with Crippen LogP contribution < -0.4 is 10.1 Å². The minimum Gasteiger partial charge on any atom is -0.454 e. The molecule has 182 valence electrons. The molecule has 3 rings (SSSR count). The van der Waals surface area contributed by atoms with Gasteiger partial charge in [-0.05, 0) is 58.3 Å². The molecule has 0 atom stereocenters. The number of alkyl halides is 3. The number of hydrogen-bond donors (Lipinski definition) is 1. The molecule has 34 heavy (non-hydrogen) atoms. The van der Waals surface area contributed by atoms with Crippen LogP contribution in [-0.2, 0) is 12.7 Å². The minimum atomic E-state index is -4.55. The molecule has 11 heteroatoms. The second kappa shape index (κ2) is 10.4. The predicted octanol–water partition coefficient (Wildman–Crippen LogP) is 3.86. The van der Waals surface area contributed by atoms with Gasteiger partial charge >= 0.3 is 6.18 Å². The molecule has 0 spiro atoms. The molecule has 2 aromatic heterocycles. The maximum atomic E-state index is 13.0. The van der Waals surface area contributed by atoms with Crippen molar-refractivity contribution in [2.24, 2.45) is 4.99 Å².